The number of nitrogens with one attached hydrogen (secondary N) is 1. The molecule has 5 heteroatoms. The van der Waals surface area contributed by atoms with Crippen molar-refractivity contribution in [2.24, 2.45) is 5.92 Å². The van der Waals surface area contributed by atoms with Crippen LogP contribution >= 0.6 is 11.8 Å². The minimum Gasteiger partial charge on any atom is -0.462 e. The number of benzene rings is 1. The summed E-state index contributed by atoms with van der Waals surface area (Å²) in [6.45, 7) is 0.511. The van der Waals surface area contributed by atoms with Crippen LogP contribution < -0.4 is 5.32 Å². The fourth-order valence-corrected chi connectivity index (χ4v) is 3.63. The number of carbonyl (C=O) groups excluding carboxylic acids is 2. The van der Waals surface area contributed by atoms with Crippen LogP contribution in [0.4, 0.5) is 5.69 Å². The van der Waals surface area contributed by atoms with Crippen molar-refractivity contribution in [3.63, 3.8) is 0 Å². The van der Waals surface area contributed by atoms with Gasteiger partial charge in [-0.1, -0.05) is 19.3 Å². The molecule has 4 nitrogen and oxygen atoms in total. The van der Waals surface area contributed by atoms with E-state index in [1.165, 1.54) is 31.0 Å². The molecule has 1 aliphatic carbocycles. The number of thioether (sulfide) groups is 1. The molecule has 0 bridgehead atoms. The molecule has 0 unspecified atom stereocenters. The van der Waals surface area contributed by atoms with Gasteiger partial charge in [0.15, 0.2) is 0 Å². The topological polar surface area (TPSA) is 55.4 Å². The first kappa shape index (κ1) is 14.4. The standard InChI is InChI=1S/C16H19NO3S/c18-15-10-21-14-7-6-12(8-13(14)17-15)16(19)20-9-11-4-2-1-3-5-11/h6-8,11H,1-5,9-10H2,(H,17,18). The highest BCUT2D eigenvalue weighted by molar-refractivity contribution is 8.00. The zero-order valence-corrected chi connectivity index (χ0v) is 12.7. The molecule has 1 aliphatic heterocycles. The van der Waals surface area contributed by atoms with E-state index in [0.717, 1.165) is 17.7 Å². The second kappa shape index (κ2) is 6.52. The Kier molecular flexibility index (Phi) is 4.48. The Morgan fingerprint density at radius 1 is 1.29 bits per heavy atom. The Labute approximate surface area is 128 Å². The normalized spacial score (nSPS) is 18.8. The molecule has 0 spiro atoms. The maximum Gasteiger partial charge on any atom is 0.338 e. The van der Waals surface area contributed by atoms with E-state index in [4.69, 9.17) is 4.74 Å². The average molecular weight is 305 g/mol. The van der Waals surface area contributed by atoms with E-state index in [1.807, 2.05) is 6.07 Å². The van der Waals surface area contributed by atoms with Crippen LogP contribution in [0, 0.1) is 5.92 Å². The Morgan fingerprint density at radius 2 is 2.10 bits per heavy atom. The van der Waals surface area contributed by atoms with E-state index in [1.54, 1.807) is 12.1 Å². The Morgan fingerprint density at radius 3 is 2.90 bits per heavy atom. The number of rotatable bonds is 3. The first-order valence-electron chi connectivity index (χ1n) is 7.46. The molecule has 1 fully saturated rings. The van der Waals surface area contributed by atoms with E-state index in [9.17, 15) is 9.59 Å². The smallest absolute Gasteiger partial charge is 0.338 e. The number of ether oxygens (including phenoxy) is 1. The molecule has 2 aliphatic rings. The van der Waals surface area contributed by atoms with Crippen molar-refractivity contribution >= 4 is 29.3 Å². The largest absolute Gasteiger partial charge is 0.462 e. The van der Waals surface area contributed by atoms with Gasteiger partial charge in [0, 0.05) is 4.90 Å². The van der Waals surface area contributed by atoms with Gasteiger partial charge in [-0.3, -0.25) is 4.79 Å². The van der Waals surface area contributed by atoms with Crippen LogP contribution in [0.25, 0.3) is 0 Å². The Hall–Kier alpha value is -1.49. The molecule has 1 heterocycles. The van der Waals surface area contributed by atoms with Gasteiger partial charge in [0.1, 0.15) is 0 Å². The number of anilines is 1. The summed E-state index contributed by atoms with van der Waals surface area (Å²) in [5.74, 6) is 0.613. The van der Waals surface area contributed by atoms with E-state index < -0.39 is 0 Å². The highest BCUT2D eigenvalue weighted by Crippen LogP contribution is 2.32. The highest BCUT2D eigenvalue weighted by Gasteiger charge is 2.19. The molecule has 0 aromatic heterocycles. The van der Waals surface area contributed by atoms with Crippen molar-refractivity contribution in [3.8, 4) is 0 Å². The Balaban J connectivity index is 1.61. The predicted molar refractivity (Wildman–Crippen MR) is 82.7 cm³/mol. The molecule has 1 saturated carbocycles. The number of hydrogen-bond acceptors (Lipinski definition) is 4. The summed E-state index contributed by atoms with van der Waals surface area (Å²) in [6.07, 6.45) is 6.09. The summed E-state index contributed by atoms with van der Waals surface area (Å²) in [6, 6.07) is 5.35. The van der Waals surface area contributed by atoms with Gasteiger partial charge in [-0.15, -0.1) is 11.8 Å². The van der Waals surface area contributed by atoms with Crippen LogP contribution in [-0.4, -0.2) is 24.2 Å². The van der Waals surface area contributed by atoms with Gasteiger partial charge in [-0.05, 0) is 37.0 Å². The first-order chi connectivity index (χ1) is 10.2. The van der Waals surface area contributed by atoms with Crippen LogP contribution in [0.5, 0.6) is 0 Å². The molecule has 1 N–H and O–H groups in total. The van der Waals surface area contributed by atoms with E-state index in [-0.39, 0.29) is 11.9 Å². The lowest BCUT2D eigenvalue weighted by atomic mass is 9.90. The van der Waals surface area contributed by atoms with Gasteiger partial charge in [-0.2, -0.15) is 0 Å². The van der Waals surface area contributed by atoms with Crippen molar-refractivity contribution in [1.82, 2.24) is 0 Å². The van der Waals surface area contributed by atoms with Crippen molar-refractivity contribution in [2.45, 2.75) is 37.0 Å². The maximum atomic E-state index is 12.1. The molecule has 1 aromatic carbocycles. The number of esters is 1. The molecule has 112 valence electrons. The van der Waals surface area contributed by atoms with Crippen molar-refractivity contribution < 1.29 is 14.3 Å². The third kappa shape index (κ3) is 3.59. The SMILES string of the molecule is O=C1CSc2ccc(C(=O)OCC3CCCCC3)cc2N1. The fraction of sp³-hybridized carbons (Fsp3) is 0.500. The van der Waals surface area contributed by atoms with Gasteiger partial charge in [0.25, 0.3) is 0 Å². The van der Waals surface area contributed by atoms with Crippen LogP contribution in [0.15, 0.2) is 23.1 Å². The summed E-state index contributed by atoms with van der Waals surface area (Å²) in [4.78, 5) is 24.5. The average Bonchev–Trinajstić information content (AvgIpc) is 2.53. The molecule has 1 aromatic rings. The van der Waals surface area contributed by atoms with Gasteiger partial charge in [-0.25, -0.2) is 4.79 Å². The summed E-state index contributed by atoms with van der Waals surface area (Å²) in [5.41, 5.74) is 1.22. The summed E-state index contributed by atoms with van der Waals surface area (Å²) < 4.78 is 5.43. The van der Waals surface area contributed by atoms with Crippen LogP contribution in [0.3, 0.4) is 0 Å². The summed E-state index contributed by atoms with van der Waals surface area (Å²) in [7, 11) is 0. The lowest BCUT2D eigenvalue weighted by Gasteiger charge is -2.21. The molecule has 0 saturated heterocycles. The zero-order valence-electron chi connectivity index (χ0n) is 11.9. The summed E-state index contributed by atoms with van der Waals surface area (Å²) >= 11 is 1.49. The molecular formula is C16H19NO3S. The quantitative estimate of drug-likeness (QED) is 0.869. The van der Waals surface area contributed by atoms with Crippen molar-refractivity contribution in [3.05, 3.63) is 23.8 Å². The molecule has 0 radical (unpaired) electrons. The van der Waals surface area contributed by atoms with Crippen LogP contribution in [0.1, 0.15) is 42.5 Å². The van der Waals surface area contributed by atoms with Gasteiger partial charge >= 0.3 is 5.97 Å². The van der Waals surface area contributed by atoms with Crippen molar-refractivity contribution in [2.75, 3.05) is 17.7 Å². The third-order valence-electron chi connectivity index (χ3n) is 4.02. The second-order valence-corrected chi connectivity index (χ2v) is 6.67. The first-order valence-corrected chi connectivity index (χ1v) is 8.45. The molecular weight excluding hydrogens is 286 g/mol. The summed E-state index contributed by atoms with van der Waals surface area (Å²) in [5, 5.41) is 2.79. The fourth-order valence-electron chi connectivity index (χ4n) is 2.84. The van der Waals surface area contributed by atoms with E-state index >= 15 is 0 Å². The number of amides is 1. The maximum absolute atomic E-state index is 12.1. The minimum atomic E-state index is -0.298. The second-order valence-electron chi connectivity index (χ2n) is 5.65. The molecule has 3 rings (SSSR count). The number of fused-ring (bicyclic) bond motifs is 1. The molecule has 21 heavy (non-hydrogen) atoms. The van der Waals surface area contributed by atoms with E-state index in [2.05, 4.69) is 5.32 Å². The number of carbonyl (C=O) groups is 2. The van der Waals surface area contributed by atoms with Gasteiger partial charge < -0.3 is 10.1 Å². The highest BCUT2D eigenvalue weighted by atomic mass is 32.2. The van der Waals surface area contributed by atoms with Gasteiger partial charge in [0.2, 0.25) is 5.91 Å². The lowest BCUT2D eigenvalue weighted by Crippen LogP contribution is -2.20. The lowest BCUT2D eigenvalue weighted by molar-refractivity contribution is -0.113. The van der Waals surface area contributed by atoms with Crippen LogP contribution in [0.2, 0.25) is 0 Å². The van der Waals surface area contributed by atoms with Gasteiger partial charge in [0.05, 0.1) is 23.6 Å². The molecule has 0 atom stereocenters. The van der Waals surface area contributed by atoms with E-state index in [0.29, 0.717) is 29.5 Å². The minimum absolute atomic E-state index is 0.0276. The predicted octanol–water partition coefficient (Wildman–Crippen LogP) is 3.47. The third-order valence-corrected chi connectivity index (χ3v) is 5.10. The van der Waals surface area contributed by atoms with Crippen molar-refractivity contribution in [1.29, 1.82) is 0 Å². The molecule has 1 amide bonds. The van der Waals surface area contributed by atoms with Crippen LogP contribution in [-0.2, 0) is 9.53 Å². The number of hydrogen-bond donors (Lipinski definition) is 1. The monoisotopic (exact) mass is 305 g/mol. The zero-order chi connectivity index (χ0) is 14.7. The Bertz CT molecular complexity index is 552.